The maximum absolute atomic E-state index is 13.4. The van der Waals surface area contributed by atoms with Gasteiger partial charge in [-0.3, -0.25) is 0 Å². The Balaban J connectivity index is 1.92. The van der Waals surface area contributed by atoms with Crippen molar-refractivity contribution in [2.75, 3.05) is 0 Å². The molecule has 152 valence electrons. The Hall–Kier alpha value is -1.87. The molecule has 1 aromatic carbocycles. The van der Waals surface area contributed by atoms with Crippen LogP contribution in [0.2, 0.25) is 5.02 Å². The van der Waals surface area contributed by atoms with Gasteiger partial charge in [0.2, 0.25) is 0 Å². The normalized spacial score (nSPS) is 18.5. The molecular weight excluding hydrogens is 411 g/mol. The van der Waals surface area contributed by atoms with E-state index < -0.39 is 28.3 Å². The van der Waals surface area contributed by atoms with E-state index in [0.29, 0.717) is 15.9 Å². The van der Waals surface area contributed by atoms with Crippen molar-refractivity contribution < 1.29 is 17.7 Å². The summed E-state index contributed by atoms with van der Waals surface area (Å²) in [5.74, 6) is 0. The Bertz CT molecular complexity index is 1190. The molecular formula is C20H22BClN2O4S. The summed E-state index contributed by atoms with van der Waals surface area (Å²) in [4.78, 5) is 4.47. The summed E-state index contributed by atoms with van der Waals surface area (Å²) in [7, 11) is -4.65. The second-order valence-electron chi connectivity index (χ2n) is 8.28. The molecule has 0 saturated carbocycles. The van der Waals surface area contributed by atoms with E-state index >= 15 is 0 Å². The maximum Gasteiger partial charge on any atom is 0.497 e. The first-order chi connectivity index (χ1) is 13.4. The van der Waals surface area contributed by atoms with Crippen LogP contribution in [0.4, 0.5) is 0 Å². The highest BCUT2D eigenvalue weighted by Gasteiger charge is 2.52. The lowest BCUT2D eigenvalue weighted by Crippen LogP contribution is -2.41. The van der Waals surface area contributed by atoms with Crippen LogP contribution in [-0.4, -0.2) is 35.7 Å². The number of rotatable bonds is 3. The van der Waals surface area contributed by atoms with Gasteiger partial charge < -0.3 is 9.31 Å². The molecule has 0 bridgehead atoms. The number of aryl methyl sites for hydroxylation is 1. The minimum Gasteiger partial charge on any atom is -0.399 e. The Morgan fingerprint density at radius 1 is 1.03 bits per heavy atom. The second kappa shape index (κ2) is 6.57. The zero-order valence-electron chi connectivity index (χ0n) is 16.9. The van der Waals surface area contributed by atoms with E-state index in [1.165, 1.54) is 12.4 Å². The molecule has 0 N–H and O–H groups in total. The minimum atomic E-state index is -3.88. The van der Waals surface area contributed by atoms with Crippen molar-refractivity contribution in [3.8, 4) is 0 Å². The summed E-state index contributed by atoms with van der Waals surface area (Å²) < 4.78 is 40.1. The number of nitrogens with zero attached hydrogens (tertiary/aromatic N) is 2. The molecule has 0 atom stereocenters. The van der Waals surface area contributed by atoms with Gasteiger partial charge >= 0.3 is 7.12 Å². The number of benzene rings is 1. The van der Waals surface area contributed by atoms with Crippen LogP contribution in [0.15, 0.2) is 47.6 Å². The SMILES string of the molecule is Cc1ccc(S(=O)(=O)n2cc(B3OC(C)(C)C(C)(C)O3)c3c(Cl)ccnc32)cc1. The average molecular weight is 433 g/mol. The van der Waals surface area contributed by atoms with Gasteiger partial charge in [-0.15, -0.1) is 0 Å². The van der Waals surface area contributed by atoms with Crippen LogP contribution < -0.4 is 5.46 Å². The average Bonchev–Trinajstić information content (AvgIpc) is 3.12. The predicted molar refractivity (Wildman–Crippen MR) is 114 cm³/mol. The summed E-state index contributed by atoms with van der Waals surface area (Å²) in [6, 6.07) is 8.30. The number of hydrogen-bond acceptors (Lipinski definition) is 5. The number of fused-ring (bicyclic) bond motifs is 1. The molecule has 0 aliphatic carbocycles. The van der Waals surface area contributed by atoms with E-state index in [1.807, 2.05) is 34.6 Å². The molecule has 9 heteroatoms. The zero-order valence-corrected chi connectivity index (χ0v) is 18.5. The third kappa shape index (κ3) is 3.19. The number of aromatic nitrogens is 2. The fourth-order valence-electron chi connectivity index (χ4n) is 3.27. The van der Waals surface area contributed by atoms with Gasteiger partial charge in [-0.25, -0.2) is 17.4 Å². The highest BCUT2D eigenvalue weighted by Crippen LogP contribution is 2.38. The largest absolute Gasteiger partial charge is 0.497 e. The number of pyridine rings is 1. The maximum atomic E-state index is 13.4. The minimum absolute atomic E-state index is 0.169. The van der Waals surface area contributed by atoms with Crippen molar-refractivity contribution in [2.45, 2.75) is 50.7 Å². The van der Waals surface area contributed by atoms with Crippen LogP contribution in [0.25, 0.3) is 11.0 Å². The van der Waals surface area contributed by atoms with Gasteiger partial charge in [0, 0.05) is 23.2 Å². The van der Waals surface area contributed by atoms with Crippen LogP contribution in [0, 0.1) is 6.92 Å². The zero-order chi connectivity index (χ0) is 21.2. The van der Waals surface area contributed by atoms with Gasteiger partial charge in [0.25, 0.3) is 10.0 Å². The number of hydrogen-bond donors (Lipinski definition) is 0. The second-order valence-corrected chi connectivity index (χ2v) is 10.5. The summed E-state index contributed by atoms with van der Waals surface area (Å²) in [5, 5.41) is 0.890. The highest BCUT2D eigenvalue weighted by molar-refractivity contribution is 7.90. The fourth-order valence-corrected chi connectivity index (χ4v) is 4.85. The van der Waals surface area contributed by atoms with Gasteiger partial charge in [-0.2, -0.15) is 0 Å². The molecule has 1 saturated heterocycles. The first kappa shape index (κ1) is 20.4. The van der Waals surface area contributed by atoms with Crippen molar-refractivity contribution >= 4 is 45.2 Å². The van der Waals surface area contributed by atoms with E-state index in [0.717, 1.165) is 9.54 Å². The first-order valence-corrected chi connectivity index (χ1v) is 11.1. The molecule has 0 spiro atoms. The van der Waals surface area contributed by atoms with Crippen LogP contribution in [0.5, 0.6) is 0 Å². The molecule has 6 nitrogen and oxygen atoms in total. The monoisotopic (exact) mass is 432 g/mol. The van der Waals surface area contributed by atoms with Gasteiger partial charge in [0.15, 0.2) is 5.65 Å². The Kier molecular flexibility index (Phi) is 4.62. The molecule has 0 amide bonds. The van der Waals surface area contributed by atoms with E-state index in [9.17, 15) is 8.42 Å². The van der Waals surface area contributed by atoms with Gasteiger partial charge in [0.05, 0.1) is 21.1 Å². The van der Waals surface area contributed by atoms with E-state index in [2.05, 4.69) is 4.98 Å². The van der Waals surface area contributed by atoms with E-state index in [1.54, 1.807) is 30.3 Å². The van der Waals surface area contributed by atoms with Crippen LogP contribution in [0.1, 0.15) is 33.3 Å². The predicted octanol–water partition coefficient (Wildman–Crippen LogP) is 3.53. The molecule has 0 unspecified atom stereocenters. The third-order valence-corrected chi connectivity index (χ3v) is 7.70. The lowest BCUT2D eigenvalue weighted by atomic mass is 9.79. The molecule has 1 aliphatic rings. The molecule has 2 aromatic heterocycles. The van der Waals surface area contributed by atoms with E-state index in [-0.39, 0.29) is 10.5 Å². The summed E-state index contributed by atoms with van der Waals surface area (Å²) >= 11 is 6.45. The first-order valence-electron chi connectivity index (χ1n) is 9.27. The fraction of sp³-hybridized carbons (Fsp3) is 0.350. The van der Waals surface area contributed by atoms with Gasteiger partial charge in [-0.05, 0) is 52.8 Å². The Morgan fingerprint density at radius 2 is 1.62 bits per heavy atom. The molecule has 4 rings (SSSR count). The summed E-state index contributed by atoms with van der Waals surface area (Å²) in [6.45, 7) is 9.66. The molecule has 29 heavy (non-hydrogen) atoms. The molecule has 3 aromatic rings. The quantitative estimate of drug-likeness (QED) is 0.592. The topological polar surface area (TPSA) is 70.4 Å². The lowest BCUT2D eigenvalue weighted by molar-refractivity contribution is 0.00578. The Morgan fingerprint density at radius 3 is 2.21 bits per heavy atom. The smallest absolute Gasteiger partial charge is 0.399 e. The Labute approximate surface area is 176 Å². The molecule has 1 aliphatic heterocycles. The van der Waals surface area contributed by atoms with Gasteiger partial charge in [0.1, 0.15) is 0 Å². The van der Waals surface area contributed by atoms with Crippen LogP contribution in [0.3, 0.4) is 0 Å². The van der Waals surface area contributed by atoms with Crippen molar-refractivity contribution in [1.82, 2.24) is 8.96 Å². The van der Waals surface area contributed by atoms with Crippen molar-refractivity contribution in [2.24, 2.45) is 0 Å². The van der Waals surface area contributed by atoms with Crippen molar-refractivity contribution in [3.05, 3.63) is 53.3 Å². The standard InChI is InChI=1S/C20H22BClN2O4S/c1-13-6-8-14(9-7-13)29(25,26)24-12-15(17-16(22)10-11-23-18(17)24)21-27-19(2,3)20(4,5)28-21/h6-12H,1-5H3. The molecule has 3 heterocycles. The number of halogens is 1. The third-order valence-electron chi connectivity index (χ3n) is 5.72. The van der Waals surface area contributed by atoms with Crippen molar-refractivity contribution in [3.63, 3.8) is 0 Å². The molecule has 1 fully saturated rings. The van der Waals surface area contributed by atoms with Gasteiger partial charge in [-0.1, -0.05) is 29.3 Å². The van der Waals surface area contributed by atoms with E-state index in [4.69, 9.17) is 20.9 Å². The summed E-state index contributed by atoms with van der Waals surface area (Å²) in [6.07, 6.45) is 2.99. The molecule has 0 radical (unpaired) electrons. The van der Waals surface area contributed by atoms with Crippen LogP contribution >= 0.6 is 11.6 Å². The van der Waals surface area contributed by atoms with Crippen molar-refractivity contribution in [1.29, 1.82) is 0 Å². The lowest BCUT2D eigenvalue weighted by Gasteiger charge is -2.32. The van der Waals surface area contributed by atoms with Crippen LogP contribution in [-0.2, 0) is 19.3 Å². The highest BCUT2D eigenvalue weighted by atomic mass is 35.5. The summed E-state index contributed by atoms with van der Waals surface area (Å²) in [5.41, 5.74) is 0.600.